The van der Waals surface area contributed by atoms with E-state index in [4.69, 9.17) is 16.3 Å². The van der Waals surface area contributed by atoms with Crippen LogP contribution in [0.4, 0.5) is 5.69 Å². The zero-order chi connectivity index (χ0) is 14.5. The molecule has 0 spiro atoms. The predicted octanol–water partition coefficient (Wildman–Crippen LogP) is 4.45. The van der Waals surface area contributed by atoms with Gasteiger partial charge in [-0.1, -0.05) is 30.3 Å². The normalized spacial score (nSPS) is 16.9. The fourth-order valence-electron chi connectivity index (χ4n) is 2.77. The highest BCUT2D eigenvalue weighted by Gasteiger charge is 2.20. The zero-order valence-electron chi connectivity index (χ0n) is 12.0. The molecule has 0 aromatic heterocycles. The molecule has 1 aliphatic heterocycles. The van der Waals surface area contributed by atoms with Crippen molar-refractivity contribution in [3.63, 3.8) is 0 Å². The Kier molecular flexibility index (Phi) is 4.66. The second kappa shape index (κ2) is 6.86. The van der Waals surface area contributed by atoms with Crippen molar-refractivity contribution in [3.8, 4) is 5.75 Å². The van der Waals surface area contributed by atoms with E-state index in [0.29, 0.717) is 11.8 Å². The van der Waals surface area contributed by atoms with E-state index in [1.807, 2.05) is 6.07 Å². The van der Waals surface area contributed by atoms with Crippen LogP contribution in [0, 0.1) is 0 Å². The number of hydrogen-bond acceptors (Lipinski definition) is 2. The van der Waals surface area contributed by atoms with Gasteiger partial charge in [-0.05, 0) is 42.2 Å². The van der Waals surface area contributed by atoms with E-state index in [-0.39, 0.29) is 0 Å². The zero-order valence-corrected chi connectivity index (χ0v) is 12.8. The standard InChI is InChI=1S/C18H20ClNO/c19-11-9-14-5-7-16(8-6-14)20-13-15-10-12-21-18-4-2-1-3-17(15)18/h1-8,15,20H,9-13H2. The third-order valence-electron chi connectivity index (χ3n) is 3.97. The molecule has 0 saturated heterocycles. The summed E-state index contributed by atoms with van der Waals surface area (Å²) >= 11 is 5.76. The molecule has 2 nitrogen and oxygen atoms in total. The van der Waals surface area contributed by atoms with Crippen molar-refractivity contribution in [3.05, 3.63) is 59.7 Å². The molecule has 21 heavy (non-hydrogen) atoms. The highest BCUT2D eigenvalue weighted by molar-refractivity contribution is 6.17. The van der Waals surface area contributed by atoms with Gasteiger partial charge in [-0.25, -0.2) is 0 Å². The molecule has 0 radical (unpaired) electrons. The van der Waals surface area contributed by atoms with E-state index >= 15 is 0 Å². The van der Waals surface area contributed by atoms with Gasteiger partial charge in [-0.3, -0.25) is 0 Å². The van der Waals surface area contributed by atoms with E-state index in [0.717, 1.165) is 37.4 Å². The Bertz CT molecular complexity index is 582. The summed E-state index contributed by atoms with van der Waals surface area (Å²) in [5, 5.41) is 3.54. The summed E-state index contributed by atoms with van der Waals surface area (Å²) in [6.07, 6.45) is 1.99. The summed E-state index contributed by atoms with van der Waals surface area (Å²) in [4.78, 5) is 0. The highest BCUT2D eigenvalue weighted by atomic mass is 35.5. The number of halogens is 1. The van der Waals surface area contributed by atoms with Gasteiger partial charge in [-0.15, -0.1) is 11.6 Å². The molecular weight excluding hydrogens is 282 g/mol. The average Bonchev–Trinajstić information content (AvgIpc) is 2.54. The quantitative estimate of drug-likeness (QED) is 0.824. The summed E-state index contributed by atoms with van der Waals surface area (Å²) in [7, 11) is 0. The first-order chi connectivity index (χ1) is 10.4. The molecule has 3 heteroatoms. The van der Waals surface area contributed by atoms with Crippen LogP contribution in [0.3, 0.4) is 0 Å². The first kappa shape index (κ1) is 14.3. The topological polar surface area (TPSA) is 21.3 Å². The molecule has 0 aliphatic carbocycles. The molecule has 0 bridgehead atoms. The molecule has 1 N–H and O–H groups in total. The Hall–Kier alpha value is -1.67. The number of benzene rings is 2. The molecule has 3 rings (SSSR count). The van der Waals surface area contributed by atoms with Crippen molar-refractivity contribution < 1.29 is 4.74 Å². The monoisotopic (exact) mass is 301 g/mol. The van der Waals surface area contributed by atoms with Crippen LogP contribution in [0.25, 0.3) is 0 Å². The third kappa shape index (κ3) is 3.51. The number of aryl methyl sites for hydroxylation is 1. The van der Waals surface area contributed by atoms with Crippen molar-refractivity contribution in [2.75, 3.05) is 24.3 Å². The van der Waals surface area contributed by atoms with Gasteiger partial charge in [-0.2, -0.15) is 0 Å². The number of anilines is 1. The van der Waals surface area contributed by atoms with Crippen molar-refractivity contribution in [1.29, 1.82) is 0 Å². The van der Waals surface area contributed by atoms with Gasteiger partial charge in [0.2, 0.25) is 0 Å². The second-order valence-corrected chi connectivity index (χ2v) is 5.77. The average molecular weight is 302 g/mol. The lowest BCUT2D eigenvalue weighted by Crippen LogP contribution is -2.20. The van der Waals surface area contributed by atoms with Crippen LogP contribution < -0.4 is 10.1 Å². The molecule has 1 aliphatic rings. The Balaban J connectivity index is 1.63. The number of para-hydroxylation sites is 1. The summed E-state index contributed by atoms with van der Waals surface area (Å²) in [6.45, 7) is 1.74. The maximum atomic E-state index is 5.76. The Labute approximate surface area is 131 Å². The molecule has 2 aromatic rings. The van der Waals surface area contributed by atoms with Crippen LogP contribution in [0.2, 0.25) is 0 Å². The number of alkyl halides is 1. The molecule has 110 valence electrons. The van der Waals surface area contributed by atoms with Gasteiger partial charge in [0.05, 0.1) is 6.61 Å². The van der Waals surface area contributed by atoms with E-state index in [9.17, 15) is 0 Å². The van der Waals surface area contributed by atoms with Crippen LogP contribution in [0.5, 0.6) is 5.75 Å². The lowest BCUT2D eigenvalue weighted by atomic mass is 9.93. The third-order valence-corrected chi connectivity index (χ3v) is 4.16. The summed E-state index contributed by atoms with van der Waals surface area (Å²) in [6, 6.07) is 16.9. The molecular formula is C18H20ClNO. The number of ether oxygens (including phenoxy) is 1. The minimum absolute atomic E-state index is 0.512. The fraction of sp³-hybridized carbons (Fsp3) is 0.333. The van der Waals surface area contributed by atoms with Gasteiger partial charge in [0.15, 0.2) is 0 Å². The number of hydrogen-bond donors (Lipinski definition) is 1. The second-order valence-electron chi connectivity index (χ2n) is 5.39. The van der Waals surface area contributed by atoms with Gasteiger partial charge in [0.25, 0.3) is 0 Å². The molecule has 0 fully saturated rings. The Morgan fingerprint density at radius 1 is 1.10 bits per heavy atom. The summed E-state index contributed by atoms with van der Waals surface area (Å²) in [5.41, 5.74) is 3.76. The van der Waals surface area contributed by atoms with E-state index in [1.165, 1.54) is 11.1 Å². The van der Waals surface area contributed by atoms with E-state index in [1.54, 1.807) is 0 Å². The Morgan fingerprint density at radius 2 is 1.90 bits per heavy atom. The van der Waals surface area contributed by atoms with Crippen LogP contribution in [-0.4, -0.2) is 19.0 Å². The van der Waals surface area contributed by atoms with Crippen molar-refractivity contribution >= 4 is 17.3 Å². The highest BCUT2D eigenvalue weighted by Crippen LogP contribution is 2.33. The van der Waals surface area contributed by atoms with Crippen LogP contribution in [0.15, 0.2) is 48.5 Å². The maximum Gasteiger partial charge on any atom is 0.122 e. The van der Waals surface area contributed by atoms with Crippen LogP contribution in [-0.2, 0) is 6.42 Å². The van der Waals surface area contributed by atoms with Crippen LogP contribution >= 0.6 is 11.6 Å². The summed E-state index contributed by atoms with van der Waals surface area (Å²) < 4.78 is 5.71. The molecule has 1 heterocycles. The smallest absolute Gasteiger partial charge is 0.122 e. The van der Waals surface area contributed by atoms with E-state index < -0.39 is 0 Å². The number of rotatable bonds is 5. The van der Waals surface area contributed by atoms with Gasteiger partial charge in [0.1, 0.15) is 5.75 Å². The van der Waals surface area contributed by atoms with Gasteiger partial charge in [0, 0.05) is 24.0 Å². The molecule has 0 saturated carbocycles. The first-order valence-corrected chi connectivity index (χ1v) is 8.01. The number of fused-ring (bicyclic) bond motifs is 1. The lowest BCUT2D eigenvalue weighted by Gasteiger charge is -2.26. The molecule has 0 amide bonds. The minimum atomic E-state index is 0.512. The number of nitrogens with one attached hydrogen (secondary N) is 1. The first-order valence-electron chi connectivity index (χ1n) is 7.47. The summed E-state index contributed by atoms with van der Waals surface area (Å²) in [5.74, 6) is 2.22. The maximum absolute atomic E-state index is 5.76. The van der Waals surface area contributed by atoms with Crippen molar-refractivity contribution in [2.24, 2.45) is 0 Å². The molecule has 1 unspecified atom stereocenters. The van der Waals surface area contributed by atoms with E-state index in [2.05, 4.69) is 47.8 Å². The molecule has 1 atom stereocenters. The lowest BCUT2D eigenvalue weighted by molar-refractivity contribution is 0.270. The minimum Gasteiger partial charge on any atom is -0.493 e. The molecule has 2 aromatic carbocycles. The predicted molar refractivity (Wildman–Crippen MR) is 88.7 cm³/mol. The SMILES string of the molecule is ClCCc1ccc(NCC2CCOc3ccccc32)cc1. The van der Waals surface area contributed by atoms with Crippen molar-refractivity contribution in [1.82, 2.24) is 0 Å². The van der Waals surface area contributed by atoms with Gasteiger partial charge >= 0.3 is 0 Å². The van der Waals surface area contributed by atoms with Crippen LogP contribution in [0.1, 0.15) is 23.5 Å². The van der Waals surface area contributed by atoms with Gasteiger partial charge < -0.3 is 10.1 Å². The van der Waals surface area contributed by atoms with Crippen molar-refractivity contribution in [2.45, 2.75) is 18.8 Å². The largest absolute Gasteiger partial charge is 0.493 e. The Morgan fingerprint density at radius 3 is 2.71 bits per heavy atom. The fourth-order valence-corrected chi connectivity index (χ4v) is 2.99.